The summed E-state index contributed by atoms with van der Waals surface area (Å²) in [7, 11) is -10.4. The van der Waals surface area contributed by atoms with E-state index in [1.807, 2.05) is 4.98 Å². The van der Waals surface area contributed by atoms with Gasteiger partial charge in [0, 0.05) is 25.8 Å². The Kier molecular flexibility index (Phi) is 15.4. The Hall–Kier alpha value is -1.99. The molecule has 2 saturated heterocycles. The number of amides is 1. The highest BCUT2D eigenvalue weighted by Gasteiger charge is 2.48. The van der Waals surface area contributed by atoms with Crippen LogP contribution < -0.4 is 26.4 Å². The predicted octanol–water partition coefficient (Wildman–Crippen LogP) is -5.86. The topological polar surface area (TPSA) is 339 Å². The summed E-state index contributed by atoms with van der Waals surface area (Å²) in [6.45, 7) is -1.24. The van der Waals surface area contributed by atoms with Gasteiger partial charge in [-0.3, -0.25) is 32.8 Å². The number of aliphatic hydroxyl groups is 5. The zero-order chi connectivity index (χ0) is 35.6. The first-order valence-electron chi connectivity index (χ1n) is 14.1. The van der Waals surface area contributed by atoms with Crippen molar-refractivity contribution in [2.24, 2.45) is 0 Å². The van der Waals surface area contributed by atoms with Crippen molar-refractivity contribution in [2.75, 3.05) is 53.4 Å². The number of aromatic amines is 1. The van der Waals surface area contributed by atoms with Gasteiger partial charge in [-0.2, -0.15) is 0 Å². The Labute approximate surface area is 271 Å². The maximum absolute atomic E-state index is 12.6. The molecule has 0 spiro atoms. The molecule has 0 aromatic carbocycles. The Morgan fingerprint density at radius 3 is 2.25 bits per heavy atom. The van der Waals surface area contributed by atoms with Crippen molar-refractivity contribution >= 4 is 21.6 Å². The number of phosphoric acid groups is 2. The van der Waals surface area contributed by atoms with E-state index in [1.165, 1.54) is 7.11 Å². The number of carbonyl (C=O) groups excluding carboxylic acids is 1. The highest BCUT2D eigenvalue weighted by Crippen LogP contribution is 2.57. The minimum absolute atomic E-state index is 0.116. The van der Waals surface area contributed by atoms with Gasteiger partial charge in [-0.15, -0.1) is 0 Å². The summed E-state index contributed by atoms with van der Waals surface area (Å²) in [5.74, 6) is -0.842. The molecule has 48 heavy (non-hydrogen) atoms. The largest absolute Gasteiger partial charge is 0.756 e. The molecule has 1 aromatic rings. The molecule has 0 aliphatic carbocycles. The van der Waals surface area contributed by atoms with Gasteiger partial charge in [-0.05, 0) is 0 Å². The van der Waals surface area contributed by atoms with Crippen LogP contribution in [0.5, 0.6) is 0 Å². The summed E-state index contributed by atoms with van der Waals surface area (Å²) in [6, 6.07) is -0.936. The molecule has 276 valence electrons. The number of methoxy groups -OCH3 is 1. The van der Waals surface area contributed by atoms with Gasteiger partial charge >= 0.3 is 5.69 Å². The van der Waals surface area contributed by atoms with Crippen molar-refractivity contribution in [3.8, 4) is 0 Å². The fraction of sp³-hybridized carbons (Fsp3) is 0.783. The average molecular weight is 737 g/mol. The summed E-state index contributed by atoms with van der Waals surface area (Å²) >= 11 is 0. The summed E-state index contributed by atoms with van der Waals surface area (Å²) in [4.78, 5) is 62.6. The minimum Gasteiger partial charge on any atom is -0.756 e. The average Bonchev–Trinajstić information content (AvgIpc) is 3.29. The molecule has 2 aliphatic rings. The highest BCUT2D eigenvalue weighted by atomic mass is 31.3. The van der Waals surface area contributed by atoms with Gasteiger partial charge in [0.15, 0.2) is 12.5 Å². The zero-order valence-corrected chi connectivity index (χ0v) is 27.0. The number of aromatic nitrogens is 2. The van der Waals surface area contributed by atoms with Crippen LogP contribution in [0.15, 0.2) is 21.9 Å². The SMILES string of the molecule is COCCOCCOCCC(=O)N[C@@H]1C(O)[C@@H](O)C(CO)O[C@H]1OP(=O)([O-])OP(=O)([O-])OCC1OC(n2ccc(=O)[nH]c2=O)C(O)C1O. The number of ether oxygens (including phenoxy) is 5. The minimum atomic E-state index is -6.03. The molecule has 0 bridgehead atoms. The lowest BCUT2D eigenvalue weighted by Crippen LogP contribution is -2.64. The van der Waals surface area contributed by atoms with Crippen molar-refractivity contribution in [1.29, 1.82) is 0 Å². The van der Waals surface area contributed by atoms with E-state index in [2.05, 4.69) is 18.7 Å². The molecule has 23 nitrogen and oxygen atoms in total. The summed E-state index contributed by atoms with van der Waals surface area (Å²) in [5.41, 5.74) is -1.81. The van der Waals surface area contributed by atoms with Crippen molar-refractivity contribution in [1.82, 2.24) is 14.9 Å². The van der Waals surface area contributed by atoms with Crippen LogP contribution in [0.3, 0.4) is 0 Å². The van der Waals surface area contributed by atoms with Crippen LogP contribution in [0.2, 0.25) is 0 Å². The Balaban J connectivity index is 1.58. The standard InChI is InChI=1S/C23H39N3O20P2/c1-39-6-7-41-9-8-40-5-3-15(29)24-16-19(32)17(30)12(10-27)44-22(16)45-48(37,38)46-47(35,36)42-11-13-18(31)20(33)21(43-13)26-4-2-14(28)25-23(26)34/h2,4,12-13,16-22,27,30-33H,3,5-11H2,1H3,(H,24,29)(H,35,36)(H,37,38)(H,25,28,34)/p-2/t12?,13?,16-,17+,18?,19?,20?,21?,22+/m1/s1. The Bertz CT molecular complexity index is 1390. The first-order valence-corrected chi connectivity index (χ1v) is 17.1. The lowest BCUT2D eigenvalue weighted by atomic mass is 9.97. The maximum atomic E-state index is 12.6. The lowest BCUT2D eigenvalue weighted by Gasteiger charge is -2.44. The number of rotatable bonds is 19. The van der Waals surface area contributed by atoms with E-state index in [0.717, 1.165) is 12.3 Å². The molecular weight excluding hydrogens is 700 g/mol. The van der Waals surface area contributed by atoms with Crippen molar-refractivity contribution in [3.05, 3.63) is 33.1 Å². The van der Waals surface area contributed by atoms with Crippen molar-refractivity contribution < 1.29 is 86.3 Å². The summed E-state index contributed by atoms with van der Waals surface area (Å²) in [5, 5.41) is 52.9. The molecule has 7 N–H and O–H groups in total. The van der Waals surface area contributed by atoms with Crippen molar-refractivity contribution in [3.63, 3.8) is 0 Å². The molecule has 2 aliphatic heterocycles. The number of nitrogens with zero attached hydrogens (tertiary/aromatic N) is 1. The number of nitrogens with one attached hydrogen (secondary N) is 2. The molecule has 8 unspecified atom stereocenters. The maximum Gasteiger partial charge on any atom is 0.330 e. The van der Waals surface area contributed by atoms with E-state index in [-0.39, 0.29) is 26.2 Å². The zero-order valence-electron chi connectivity index (χ0n) is 25.2. The van der Waals surface area contributed by atoms with Gasteiger partial charge in [0.2, 0.25) is 5.91 Å². The van der Waals surface area contributed by atoms with Crippen molar-refractivity contribution in [2.45, 2.75) is 61.6 Å². The van der Waals surface area contributed by atoms with E-state index in [4.69, 9.17) is 23.7 Å². The quantitative estimate of drug-likeness (QED) is 0.0513. The van der Waals surface area contributed by atoms with E-state index in [9.17, 15) is 58.8 Å². The Morgan fingerprint density at radius 1 is 0.958 bits per heavy atom. The molecule has 0 saturated carbocycles. The van der Waals surface area contributed by atoms with E-state index in [1.54, 1.807) is 0 Å². The first kappa shape index (κ1) is 40.4. The second-order valence-electron chi connectivity index (χ2n) is 10.2. The molecule has 0 radical (unpaired) electrons. The predicted molar refractivity (Wildman–Crippen MR) is 148 cm³/mol. The van der Waals surface area contributed by atoms with E-state index in [0.29, 0.717) is 17.8 Å². The summed E-state index contributed by atoms with van der Waals surface area (Å²) < 4.78 is 64.4. The monoisotopic (exact) mass is 737 g/mol. The van der Waals surface area contributed by atoms with Gasteiger partial charge in [0.05, 0.1) is 46.2 Å². The van der Waals surface area contributed by atoms with Crippen LogP contribution in [-0.2, 0) is 51.0 Å². The molecule has 3 rings (SSSR count). The molecule has 3 heterocycles. The number of H-pyrrole nitrogens is 1. The fourth-order valence-corrected chi connectivity index (χ4v) is 6.48. The molecule has 1 aromatic heterocycles. The third-order valence-electron chi connectivity index (χ3n) is 6.78. The second kappa shape index (κ2) is 18.3. The number of hydrogen-bond acceptors (Lipinski definition) is 20. The molecule has 11 atom stereocenters. The molecule has 1 amide bonds. The number of phosphoric ester groups is 2. The van der Waals surface area contributed by atoms with E-state index < -0.39 is 101 Å². The third kappa shape index (κ3) is 11.5. The van der Waals surface area contributed by atoms with Gasteiger partial charge in [0.25, 0.3) is 21.2 Å². The lowest BCUT2D eigenvalue weighted by molar-refractivity contribution is -0.285. The van der Waals surface area contributed by atoms with Gasteiger partial charge in [-0.25, -0.2) is 9.11 Å². The van der Waals surface area contributed by atoms with Gasteiger partial charge in [0.1, 0.15) is 42.7 Å². The highest BCUT2D eigenvalue weighted by molar-refractivity contribution is 7.59. The van der Waals surface area contributed by atoms with Gasteiger partial charge < -0.3 is 68.8 Å². The van der Waals surface area contributed by atoms with Crippen LogP contribution in [-0.4, -0.2) is 143 Å². The van der Waals surface area contributed by atoms with Gasteiger partial charge in [-0.1, -0.05) is 0 Å². The van der Waals surface area contributed by atoms with Crippen LogP contribution in [0.25, 0.3) is 0 Å². The number of hydrogen-bond donors (Lipinski definition) is 7. The van der Waals surface area contributed by atoms with Crippen LogP contribution in [0, 0.1) is 0 Å². The van der Waals surface area contributed by atoms with E-state index >= 15 is 0 Å². The first-order chi connectivity index (χ1) is 22.6. The summed E-state index contributed by atoms with van der Waals surface area (Å²) in [6.07, 6.45) is -14.1. The van der Waals surface area contributed by atoms with Crippen LogP contribution in [0.1, 0.15) is 12.6 Å². The molecule has 25 heteroatoms. The van der Waals surface area contributed by atoms with Crippen LogP contribution in [0.4, 0.5) is 0 Å². The number of carbonyl (C=O) groups is 1. The molecular formula is C23H37N3O20P2-2. The molecule has 2 fully saturated rings. The smallest absolute Gasteiger partial charge is 0.330 e. The third-order valence-corrected chi connectivity index (χ3v) is 9.31. The normalized spacial score (nSPS) is 31.6. The fourth-order valence-electron chi connectivity index (χ4n) is 4.39. The van der Waals surface area contributed by atoms with Crippen LogP contribution >= 0.6 is 15.6 Å². The number of aliphatic hydroxyl groups excluding tert-OH is 5. The second-order valence-corrected chi connectivity index (χ2v) is 13.1. The Morgan fingerprint density at radius 2 is 1.60 bits per heavy atom.